The normalized spacial score (nSPS) is 12.8. The zero-order chi connectivity index (χ0) is 12.4. The summed E-state index contributed by atoms with van der Waals surface area (Å²) in [6.07, 6.45) is 2.16. The third-order valence-corrected chi connectivity index (χ3v) is 3.89. The van der Waals surface area contributed by atoms with Gasteiger partial charge in [-0.25, -0.2) is 4.98 Å². The first-order valence-electron chi connectivity index (χ1n) is 5.57. The molecule has 0 fully saturated rings. The molecule has 1 unspecified atom stereocenters. The molecule has 1 atom stereocenters. The quantitative estimate of drug-likeness (QED) is 0.780. The van der Waals surface area contributed by atoms with E-state index in [-0.39, 0.29) is 5.78 Å². The van der Waals surface area contributed by atoms with Gasteiger partial charge in [0.1, 0.15) is 16.4 Å². The van der Waals surface area contributed by atoms with Crippen LogP contribution >= 0.6 is 0 Å². The van der Waals surface area contributed by atoms with Gasteiger partial charge in [-0.15, -0.1) is 0 Å². The van der Waals surface area contributed by atoms with Crippen LogP contribution in [0, 0.1) is 0 Å². The minimum Gasteiger partial charge on any atom is -0.292 e. The number of carbonyl (C=O) groups is 1. The van der Waals surface area contributed by atoms with Crippen molar-refractivity contribution < 1.29 is 9.00 Å². The van der Waals surface area contributed by atoms with Crippen molar-refractivity contribution in [2.24, 2.45) is 0 Å². The SMILES string of the molecule is CCC(=O)c1nc2ccccn2c1S(=O)CC. The Kier molecular flexibility index (Phi) is 3.38. The highest BCUT2D eigenvalue weighted by atomic mass is 32.2. The molecule has 5 heteroatoms. The first kappa shape index (κ1) is 12.0. The number of pyridine rings is 1. The van der Waals surface area contributed by atoms with Crippen LogP contribution < -0.4 is 0 Å². The van der Waals surface area contributed by atoms with Gasteiger partial charge < -0.3 is 0 Å². The number of carbonyl (C=O) groups excluding carboxylic acids is 1. The lowest BCUT2D eigenvalue weighted by Crippen LogP contribution is -2.07. The van der Waals surface area contributed by atoms with Gasteiger partial charge >= 0.3 is 0 Å². The highest BCUT2D eigenvalue weighted by Crippen LogP contribution is 2.18. The molecule has 90 valence electrons. The fourth-order valence-corrected chi connectivity index (χ4v) is 2.70. The van der Waals surface area contributed by atoms with Gasteiger partial charge in [0.15, 0.2) is 5.78 Å². The molecule has 2 aromatic heterocycles. The summed E-state index contributed by atoms with van der Waals surface area (Å²) >= 11 is 0. The van der Waals surface area contributed by atoms with E-state index in [1.165, 1.54) is 0 Å². The molecule has 0 spiro atoms. The molecule has 2 aromatic rings. The van der Waals surface area contributed by atoms with E-state index in [0.717, 1.165) is 0 Å². The van der Waals surface area contributed by atoms with Crippen LogP contribution in [-0.2, 0) is 10.8 Å². The summed E-state index contributed by atoms with van der Waals surface area (Å²) in [6, 6.07) is 5.50. The van der Waals surface area contributed by atoms with Gasteiger partial charge in [-0.1, -0.05) is 19.9 Å². The highest BCUT2D eigenvalue weighted by molar-refractivity contribution is 7.85. The number of nitrogens with zero attached hydrogens (tertiary/aromatic N) is 2. The number of fused-ring (bicyclic) bond motifs is 1. The molecule has 0 radical (unpaired) electrons. The standard InChI is InChI=1S/C12H14N2O2S/c1-3-9(15)11-12(17(16)4-2)14-8-6-5-7-10(14)13-11/h5-8H,3-4H2,1-2H3. The van der Waals surface area contributed by atoms with Crippen LogP contribution in [0.5, 0.6) is 0 Å². The molecule has 0 aromatic carbocycles. The average Bonchev–Trinajstić information content (AvgIpc) is 2.76. The molecule has 0 N–H and O–H groups in total. The Hall–Kier alpha value is -1.49. The molecule has 0 saturated heterocycles. The van der Waals surface area contributed by atoms with Gasteiger partial charge in [0.25, 0.3) is 0 Å². The van der Waals surface area contributed by atoms with Crippen molar-refractivity contribution in [2.45, 2.75) is 25.3 Å². The minimum absolute atomic E-state index is 0.0644. The molecule has 0 aliphatic heterocycles. The number of rotatable bonds is 4. The largest absolute Gasteiger partial charge is 0.292 e. The zero-order valence-corrected chi connectivity index (χ0v) is 10.7. The predicted octanol–water partition coefficient (Wildman–Crippen LogP) is 2.05. The summed E-state index contributed by atoms with van der Waals surface area (Å²) in [5.41, 5.74) is 1.01. The molecule has 0 bridgehead atoms. The summed E-state index contributed by atoms with van der Waals surface area (Å²) in [7, 11) is -1.19. The van der Waals surface area contributed by atoms with Crippen molar-refractivity contribution in [3.63, 3.8) is 0 Å². The first-order valence-corrected chi connectivity index (χ1v) is 6.89. The molecule has 0 amide bonds. The Balaban J connectivity index is 2.73. The second kappa shape index (κ2) is 4.79. The van der Waals surface area contributed by atoms with E-state index >= 15 is 0 Å². The van der Waals surface area contributed by atoms with Crippen LogP contribution in [0.15, 0.2) is 29.4 Å². The monoisotopic (exact) mass is 250 g/mol. The molecule has 4 nitrogen and oxygen atoms in total. The summed E-state index contributed by atoms with van der Waals surface area (Å²) in [5, 5.41) is 0.523. The third-order valence-electron chi connectivity index (χ3n) is 2.55. The summed E-state index contributed by atoms with van der Waals surface area (Å²) in [4.78, 5) is 16.1. The predicted molar refractivity (Wildman–Crippen MR) is 66.8 cm³/mol. The number of Topliss-reactive ketones (excluding diaryl/α,β-unsaturated/α-hetero) is 1. The Labute approximate surface area is 102 Å². The van der Waals surface area contributed by atoms with E-state index < -0.39 is 10.8 Å². The topological polar surface area (TPSA) is 51.4 Å². The van der Waals surface area contributed by atoms with Crippen LogP contribution in [0.2, 0.25) is 0 Å². The highest BCUT2D eigenvalue weighted by Gasteiger charge is 2.20. The summed E-state index contributed by atoms with van der Waals surface area (Å²) in [6.45, 7) is 3.61. The van der Waals surface area contributed by atoms with Crippen molar-refractivity contribution in [1.82, 2.24) is 9.38 Å². The van der Waals surface area contributed by atoms with Gasteiger partial charge in [-0.3, -0.25) is 13.4 Å². The van der Waals surface area contributed by atoms with Gasteiger partial charge in [0.05, 0.1) is 10.8 Å². The maximum absolute atomic E-state index is 12.0. The van der Waals surface area contributed by atoms with Crippen LogP contribution in [0.3, 0.4) is 0 Å². The smallest absolute Gasteiger partial charge is 0.183 e. The van der Waals surface area contributed by atoms with Crippen LogP contribution in [0.4, 0.5) is 0 Å². The first-order chi connectivity index (χ1) is 8.19. The van der Waals surface area contributed by atoms with E-state index in [0.29, 0.717) is 28.5 Å². The lowest BCUT2D eigenvalue weighted by molar-refractivity contribution is 0.0980. The van der Waals surface area contributed by atoms with Gasteiger partial charge in [-0.05, 0) is 12.1 Å². The van der Waals surface area contributed by atoms with Gasteiger partial charge in [0.2, 0.25) is 0 Å². The molecule has 2 rings (SSSR count). The van der Waals surface area contributed by atoms with E-state index in [9.17, 15) is 9.00 Å². The second-order valence-electron chi connectivity index (χ2n) is 3.61. The Morgan fingerprint density at radius 2 is 2.18 bits per heavy atom. The molecule has 2 heterocycles. The van der Waals surface area contributed by atoms with Crippen LogP contribution in [0.25, 0.3) is 5.65 Å². The molecule has 17 heavy (non-hydrogen) atoms. The van der Waals surface area contributed by atoms with Gasteiger partial charge in [-0.2, -0.15) is 0 Å². The Bertz CT molecular complexity index is 589. The number of ketones is 1. The van der Waals surface area contributed by atoms with Crippen molar-refractivity contribution in [3.05, 3.63) is 30.1 Å². The van der Waals surface area contributed by atoms with E-state index in [4.69, 9.17) is 0 Å². The van der Waals surface area contributed by atoms with Crippen molar-refractivity contribution in [1.29, 1.82) is 0 Å². The van der Waals surface area contributed by atoms with E-state index in [1.807, 2.05) is 25.1 Å². The Morgan fingerprint density at radius 1 is 1.41 bits per heavy atom. The number of aromatic nitrogens is 2. The summed E-state index contributed by atoms with van der Waals surface area (Å²) < 4.78 is 13.8. The maximum atomic E-state index is 12.0. The maximum Gasteiger partial charge on any atom is 0.183 e. The zero-order valence-electron chi connectivity index (χ0n) is 9.84. The van der Waals surface area contributed by atoms with Gasteiger partial charge in [0, 0.05) is 18.4 Å². The third kappa shape index (κ3) is 2.02. The molecular weight excluding hydrogens is 236 g/mol. The van der Waals surface area contributed by atoms with Crippen molar-refractivity contribution in [2.75, 3.05) is 5.75 Å². The molecular formula is C12H14N2O2S. The lowest BCUT2D eigenvalue weighted by atomic mass is 10.2. The van der Waals surface area contributed by atoms with Crippen LogP contribution in [-0.4, -0.2) is 25.1 Å². The summed E-state index contributed by atoms with van der Waals surface area (Å²) in [5.74, 6) is 0.414. The van der Waals surface area contributed by atoms with Crippen LogP contribution in [0.1, 0.15) is 30.8 Å². The van der Waals surface area contributed by atoms with E-state index in [2.05, 4.69) is 4.98 Å². The lowest BCUT2D eigenvalue weighted by Gasteiger charge is -2.01. The number of imidazole rings is 1. The fraction of sp³-hybridized carbons (Fsp3) is 0.333. The second-order valence-corrected chi connectivity index (χ2v) is 5.26. The minimum atomic E-state index is -1.19. The number of hydrogen-bond acceptors (Lipinski definition) is 3. The fourth-order valence-electron chi connectivity index (χ4n) is 1.68. The Morgan fingerprint density at radius 3 is 2.82 bits per heavy atom. The van der Waals surface area contributed by atoms with Crippen molar-refractivity contribution in [3.8, 4) is 0 Å². The molecule has 0 aliphatic rings. The van der Waals surface area contributed by atoms with E-state index in [1.54, 1.807) is 17.5 Å². The molecule has 0 aliphatic carbocycles. The van der Waals surface area contributed by atoms with Crippen molar-refractivity contribution >= 4 is 22.2 Å². The molecule has 0 saturated carbocycles. The average molecular weight is 250 g/mol. The number of hydrogen-bond donors (Lipinski definition) is 0.